The van der Waals surface area contributed by atoms with E-state index in [0.717, 1.165) is 5.56 Å². The Morgan fingerprint density at radius 3 is 2.67 bits per heavy atom. The highest BCUT2D eigenvalue weighted by Gasteiger charge is 2.44. The normalized spacial score (nSPS) is 23.5. The van der Waals surface area contributed by atoms with Crippen LogP contribution in [0.3, 0.4) is 0 Å². The zero-order chi connectivity index (χ0) is 15.1. The van der Waals surface area contributed by atoms with Gasteiger partial charge in [0.15, 0.2) is 0 Å². The van der Waals surface area contributed by atoms with E-state index in [4.69, 9.17) is 0 Å². The van der Waals surface area contributed by atoms with Gasteiger partial charge in [-0.2, -0.15) is 19.7 Å². The molecule has 1 aromatic carbocycles. The van der Waals surface area contributed by atoms with Gasteiger partial charge in [0.25, 0.3) is 0 Å². The topological polar surface area (TPSA) is 99.2 Å². The quantitative estimate of drug-likeness (QED) is 0.855. The highest BCUT2D eigenvalue weighted by Crippen LogP contribution is 2.33. The van der Waals surface area contributed by atoms with Crippen molar-refractivity contribution < 1.29 is 13.5 Å². The maximum atomic E-state index is 12.6. The lowest BCUT2D eigenvalue weighted by Gasteiger charge is -2.21. The highest BCUT2D eigenvalue weighted by atomic mass is 32.2. The summed E-state index contributed by atoms with van der Waals surface area (Å²) in [4.78, 5) is 0.234. The van der Waals surface area contributed by atoms with E-state index in [1.807, 2.05) is 6.92 Å². The SMILES string of the molecule is Cc1ccc(S(=O)(=O)N2CC[C@@](O)(c3cn[nH]n3)C2)cc1. The standard InChI is InChI=1S/C13H16N4O3S/c1-10-2-4-11(5-3-10)21(19,20)17-7-6-13(18,9-17)12-8-14-16-15-12/h2-5,8,18H,6-7,9H2,1H3,(H,14,15,16)/t13-/m0/s1. The molecule has 1 atom stereocenters. The van der Waals surface area contributed by atoms with Crippen molar-refractivity contribution in [1.82, 2.24) is 19.7 Å². The molecular weight excluding hydrogens is 292 g/mol. The third-order valence-electron chi connectivity index (χ3n) is 3.76. The molecule has 0 unspecified atom stereocenters. The third-order valence-corrected chi connectivity index (χ3v) is 5.62. The van der Waals surface area contributed by atoms with Crippen LogP contribution in [0.5, 0.6) is 0 Å². The minimum absolute atomic E-state index is 0.0181. The number of nitrogens with zero attached hydrogens (tertiary/aromatic N) is 3. The van der Waals surface area contributed by atoms with Gasteiger partial charge in [-0.05, 0) is 25.5 Å². The number of hydrogen-bond donors (Lipinski definition) is 2. The van der Waals surface area contributed by atoms with Crippen LogP contribution < -0.4 is 0 Å². The summed E-state index contributed by atoms with van der Waals surface area (Å²) in [6.07, 6.45) is 1.71. The first-order chi connectivity index (χ1) is 9.92. The number of H-pyrrole nitrogens is 1. The van der Waals surface area contributed by atoms with E-state index in [9.17, 15) is 13.5 Å². The first-order valence-electron chi connectivity index (χ1n) is 6.57. The van der Waals surface area contributed by atoms with Crippen molar-refractivity contribution in [2.75, 3.05) is 13.1 Å². The summed E-state index contributed by atoms with van der Waals surface area (Å²) in [7, 11) is -3.60. The van der Waals surface area contributed by atoms with Gasteiger partial charge in [0.2, 0.25) is 10.0 Å². The molecular formula is C13H16N4O3S. The largest absolute Gasteiger partial charge is 0.382 e. The van der Waals surface area contributed by atoms with Gasteiger partial charge in [-0.15, -0.1) is 0 Å². The molecule has 0 radical (unpaired) electrons. The fourth-order valence-corrected chi connectivity index (χ4v) is 3.95. The molecule has 21 heavy (non-hydrogen) atoms. The lowest BCUT2D eigenvalue weighted by molar-refractivity contribution is 0.0485. The van der Waals surface area contributed by atoms with Gasteiger partial charge < -0.3 is 5.11 Å². The number of aromatic nitrogens is 3. The lowest BCUT2D eigenvalue weighted by Crippen LogP contribution is -2.34. The van der Waals surface area contributed by atoms with Crippen LogP contribution in [0, 0.1) is 6.92 Å². The van der Waals surface area contributed by atoms with Crippen LogP contribution in [0.4, 0.5) is 0 Å². The lowest BCUT2D eigenvalue weighted by atomic mass is 10.0. The molecule has 3 rings (SSSR count). The van der Waals surface area contributed by atoms with E-state index >= 15 is 0 Å². The van der Waals surface area contributed by atoms with E-state index in [1.165, 1.54) is 10.5 Å². The molecule has 1 aliphatic rings. The third kappa shape index (κ3) is 2.45. The molecule has 0 bridgehead atoms. The van der Waals surface area contributed by atoms with Gasteiger partial charge >= 0.3 is 0 Å². The number of hydrogen-bond acceptors (Lipinski definition) is 5. The van der Waals surface area contributed by atoms with Crippen LogP contribution in [0.1, 0.15) is 17.7 Å². The molecule has 0 amide bonds. The second kappa shape index (κ2) is 4.90. The van der Waals surface area contributed by atoms with Crippen LogP contribution in [-0.2, 0) is 15.6 Å². The van der Waals surface area contributed by atoms with E-state index in [2.05, 4.69) is 15.4 Å². The number of nitrogens with one attached hydrogen (secondary N) is 1. The van der Waals surface area contributed by atoms with Crippen molar-refractivity contribution in [3.05, 3.63) is 41.7 Å². The molecule has 2 N–H and O–H groups in total. The summed E-state index contributed by atoms with van der Waals surface area (Å²) >= 11 is 0. The van der Waals surface area contributed by atoms with E-state index in [-0.39, 0.29) is 18.0 Å². The minimum atomic E-state index is -3.60. The van der Waals surface area contributed by atoms with Crippen LogP contribution in [0.2, 0.25) is 0 Å². The van der Waals surface area contributed by atoms with Gasteiger partial charge in [0, 0.05) is 13.1 Å². The number of aryl methyl sites for hydroxylation is 1. The number of benzene rings is 1. The van der Waals surface area contributed by atoms with Gasteiger partial charge in [-0.25, -0.2) is 8.42 Å². The number of β-amino-alcohol motifs (C(OH)–C–C–N with tert-alkyl or cyclic N) is 1. The van der Waals surface area contributed by atoms with Crippen molar-refractivity contribution in [3.63, 3.8) is 0 Å². The fourth-order valence-electron chi connectivity index (χ4n) is 2.46. The van der Waals surface area contributed by atoms with Gasteiger partial charge in [0.05, 0.1) is 11.1 Å². The molecule has 1 aliphatic heterocycles. The second-order valence-electron chi connectivity index (χ2n) is 5.29. The summed E-state index contributed by atoms with van der Waals surface area (Å²) in [6.45, 7) is 2.13. The fraction of sp³-hybridized carbons (Fsp3) is 0.385. The average molecular weight is 308 g/mol. The van der Waals surface area contributed by atoms with Crippen LogP contribution in [-0.4, -0.2) is 46.3 Å². The van der Waals surface area contributed by atoms with E-state index < -0.39 is 15.6 Å². The Bertz CT molecular complexity index is 727. The maximum absolute atomic E-state index is 12.6. The Hall–Kier alpha value is -1.77. The Labute approximate surface area is 122 Å². The number of aromatic amines is 1. The molecule has 0 aliphatic carbocycles. The molecule has 0 saturated carbocycles. The second-order valence-corrected chi connectivity index (χ2v) is 7.23. The van der Waals surface area contributed by atoms with Crippen LogP contribution >= 0.6 is 0 Å². The van der Waals surface area contributed by atoms with E-state index in [0.29, 0.717) is 12.1 Å². The van der Waals surface area contributed by atoms with Crippen molar-refractivity contribution in [1.29, 1.82) is 0 Å². The van der Waals surface area contributed by atoms with Crippen molar-refractivity contribution in [2.45, 2.75) is 23.8 Å². The zero-order valence-electron chi connectivity index (χ0n) is 11.5. The molecule has 1 aromatic heterocycles. The maximum Gasteiger partial charge on any atom is 0.243 e. The Balaban J connectivity index is 1.87. The van der Waals surface area contributed by atoms with Gasteiger partial charge in [-0.3, -0.25) is 0 Å². The molecule has 2 heterocycles. The monoisotopic (exact) mass is 308 g/mol. The predicted octanol–water partition coefficient (Wildman–Crippen LogP) is 0.395. The Kier molecular flexibility index (Phi) is 3.31. The molecule has 0 spiro atoms. The van der Waals surface area contributed by atoms with Crippen molar-refractivity contribution >= 4 is 10.0 Å². The number of rotatable bonds is 3. The van der Waals surface area contributed by atoms with Crippen molar-refractivity contribution in [3.8, 4) is 0 Å². The first-order valence-corrected chi connectivity index (χ1v) is 8.01. The zero-order valence-corrected chi connectivity index (χ0v) is 12.3. The molecule has 112 valence electrons. The Morgan fingerprint density at radius 1 is 1.33 bits per heavy atom. The summed E-state index contributed by atoms with van der Waals surface area (Å²) in [5.41, 5.74) is 0.0729. The van der Waals surface area contributed by atoms with Gasteiger partial charge in [0.1, 0.15) is 11.3 Å². The predicted molar refractivity (Wildman–Crippen MR) is 74.8 cm³/mol. The Morgan fingerprint density at radius 2 is 2.05 bits per heavy atom. The molecule has 7 nitrogen and oxygen atoms in total. The molecule has 2 aromatic rings. The van der Waals surface area contributed by atoms with Gasteiger partial charge in [-0.1, -0.05) is 17.7 Å². The molecule has 8 heteroatoms. The summed E-state index contributed by atoms with van der Waals surface area (Å²) < 4.78 is 26.4. The number of sulfonamides is 1. The van der Waals surface area contributed by atoms with E-state index in [1.54, 1.807) is 24.3 Å². The molecule has 1 fully saturated rings. The summed E-state index contributed by atoms with van der Waals surface area (Å²) in [6, 6.07) is 6.68. The minimum Gasteiger partial charge on any atom is -0.382 e. The van der Waals surface area contributed by atoms with Crippen LogP contribution in [0.15, 0.2) is 35.4 Å². The average Bonchev–Trinajstić information content (AvgIpc) is 3.09. The smallest absolute Gasteiger partial charge is 0.243 e. The van der Waals surface area contributed by atoms with Crippen molar-refractivity contribution in [2.24, 2.45) is 0 Å². The summed E-state index contributed by atoms with van der Waals surface area (Å²) in [5.74, 6) is 0. The first kappa shape index (κ1) is 14.2. The number of aliphatic hydroxyl groups is 1. The highest BCUT2D eigenvalue weighted by molar-refractivity contribution is 7.89. The molecule has 1 saturated heterocycles. The van der Waals surface area contributed by atoms with Crippen LogP contribution in [0.25, 0.3) is 0 Å². The summed E-state index contributed by atoms with van der Waals surface area (Å²) in [5, 5.41) is 20.5.